The smallest absolute Gasteiger partial charge is 0.174 e. The van der Waals surface area contributed by atoms with Crippen molar-refractivity contribution in [1.82, 2.24) is 4.40 Å². The molecule has 20 heavy (non-hydrogen) atoms. The van der Waals surface area contributed by atoms with Crippen LogP contribution >= 0.6 is 0 Å². The number of carbonyl (C=O) groups is 1. The standard InChI is InChI=1S/C16H12N2O2/c1-11(19)16-13-4-2-3-5-14(13)18-10-12(20-9-8-17)6-7-15(16)18/h2-7,10H,9H2,1H3. The van der Waals surface area contributed by atoms with Crippen molar-refractivity contribution < 1.29 is 9.53 Å². The molecule has 0 aliphatic rings. The van der Waals surface area contributed by atoms with Gasteiger partial charge in [-0.25, -0.2) is 0 Å². The lowest BCUT2D eigenvalue weighted by Gasteiger charge is -2.03. The predicted molar refractivity (Wildman–Crippen MR) is 76.0 cm³/mol. The van der Waals surface area contributed by atoms with Crippen LogP contribution in [0.3, 0.4) is 0 Å². The molecule has 98 valence electrons. The normalized spacial score (nSPS) is 10.6. The first-order valence-electron chi connectivity index (χ1n) is 6.26. The molecular formula is C16H12N2O2. The molecule has 0 N–H and O–H groups in total. The van der Waals surface area contributed by atoms with Gasteiger partial charge in [0.1, 0.15) is 11.8 Å². The molecule has 4 nitrogen and oxygen atoms in total. The number of para-hydroxylation sites is 1. The van der Waals surface area contributed by atoms with Crippen LogP contribution in [0.5, 0.6) is 5.75 Å². The maximum Gasteiger partial charge on any atom is 0.174 e. The molecule has 0 unspecified atom stereocenters. The van der Waals surface area contributed by atoms with E-state index in [0.717, 1.165) is 16.4 Å². The number of rotatable bonds is 3. The number of hydrogen-bond acceptors (Lipinski definition) is 3. The van der Waals surface area contributed by atoms with E-state index in [1.807, 2.05) is 40.8 Å². The molecule has 4 heteroatoms. The van der Waals surface area contributed by atoms with Gasteiger partial charge in [0.25, 0.3) is 0 Å². The van der Waals surface area contributed by atoms with Crippen LogP contribution in [0.25, 0.3) is 16.4 Å². The number of hydrogen-bond donors (Lipinski definition) is 0. The second kappa shape index (κ2) is 4.71. The van der Waals surface area contributed by atoms with Gasteiger partial charge in [-0.05, 0) is 25.1 Å². The van der Waals surface area contributed by atoms with Crippen LogP contribution in [-0.2, 0) is 0 Å². The predicted octanol–water partition coefficient (Wildman–Crippen LogP) is 3.20. The van der Waals surface area contributed by atoms with Crippen LogP contribution in [0, 0.1) is 11.3 Å². The van der Waals surface area contributed by atoms with Gasteiger partial charge in [0, 0.05) is 5.39 Å². The molecule has 0 aliphatic heterocycles. The fraction of sp³-hybridized carbons (Fsp3) is 0.125. The van der Waals surface area contributed by atoms with Crippen molar-refractivity contribution >= 4 is 22.2 Å². The maximum atomic E-state index is 11.9. The zero-order valence-corrected chi connectivity index (χ0v) is 11.0. The van der Waals surface area contributed by atoms with E-state index in [9.17, 15) is 4.79 Å². The van der Waals surface area contributed by atoms with Crippen LogP contribution in [0.2, 0.25) is 0 Å². The highest BCUT2D eigenvalue weighted by atomic mass is 16.5. The van der Waals surface area contributed by atoms with E-state index in [-0.39, 0.29) is 12.4 Å². The molecule has 2 heterocycles. The van der Waals surface area contributed by atoms with E-state index in [1.165, 1.54) is 0 Å². The van der Waals surface area contributed by atoms with Crippen LogP contribution in [0.15, 0.2) is 42.6 Å². The molecule has 0 aliphatic carbocycles. The first kappa shape index (κ1) is 12.2. The zero-order valence-electron chi connectivity index (χ0n) is 11.0. The minimum absolute atomic E-state index is 0.00424. The lowest BCUT2D eigenvalue weighted by Crippen LogP contribution is -1.96. The van der Waals surface area contributed by atoms with Crippen molar-refractivity contribution in [2.45, 2.75) is 6.92 Å². The van der Waals surface area contributed by atoms with Gasteiger partial charge in [0.05, 0.1) is 22.8 Å². The monoisotopic (exact) mass is 264 g/mol. The van der Waals surface area contributed by atoms with Gasteiger partial charge in [0.15, 0.2) is 12.4 Å². The Morgan fingerprint density at radius 1 is 1.25 bits per heavy atom. The Kier molecular flexibility index (Phi) is 2.88. The fourth-order valence-corrected chi connectivity index (χ4v) is 2.49. The number of nitriles is 1. The number of nitrogens with zero attached hydrogens (tertiary/aromatic N) is 2. The third-order valence-corrected chi connectivity index (χ3v) is 3.27. The third kappa shape index (κ3) is 1.81. The number of pyridine rings is 1. The summed E-state index contributed by atoms with van der Waals surface area (Å²) >= 11 is 0. The summed E-state index contributed by atoms with van der Waals surface area (Å²) in [5.74, 6) is 0.643. The van der Waals surface area contributed by atoms with Crippen LogP contribution in [0.4, 0.5) is 0 Å². The molecule has 0 amide bonds. The minimum Gasteiger partial charge on any atom is -0.477 e. The highest BCUT2D eigenvalue weighted by Crippen LogP contribution is 2.28. The van der Waals surface area contributed by atoms with Gasteiger partial charge >= 0.3 is 0 Å². The quantitative estimate of drug-likeness (QED) is 0.682. The first-order chi connectivity index (χ1) is 9.72. The Balaban J connectivity index is 2.32. The molecule has 2 aromatic heterocycles. The van der Waals surface area contributed by atoms with Crippen molar-refractivity contribution in [3.8, 4) is 11.8 Å². The first-order valence-corrected chi connectivity index (χ1v) is 6.26. The van der Waals surface area contributed by atoms with Gasteiger partial charge in [0.2, 0.25) is 0 Å². The summed E-state index contributed by atoms with van der Waals surface area (Å²) in [5, 5.41) is 9.49. The second-order valence-electron chi connectivity index (χ2n) is 4.52. The Labute approximate surface area is 115 Å². The van der Waals surface area contributed by atoms with E-state index < -0.39 is 0 Å². The van der Waals surface area contributed by atoms with Crippen molar-refractivity contribution in [2.75, 3.05) is 6.61 Å². The number of benzene rings is 1. The van der Waals surface area contributed by atoms with Crippen LogP contribution in [0.1, 0.15) is 17.3 Å². The number of carbonyl (C=O) groups excluding carboxylic acids is 1. The molecule has 1 aromatic carbocycles. The molecule has 0 spiro atoms. The molecule has 0 saturated heterocycles. The summed E-state index contributed by atoms with van der Waals surface area (Å²) in [7, 11) is 0. The number of ether oxygens (including phenoxy) is 1. The maximum absolute atomic E-state index is 11.9. The van der Waals surface area contributed by atoms with Crippen molar-refractivity contribution in [1.29, 1.82) is 5.26 Å². The fourth-order valence-electron chi connectivity index (χ4n) is 2.49. The molecule has 0 saturated carbocycles. The van der Waals surface area contributed by atoms with Crippen LogP contribution in [-0.4, -0.2) is 16.8 Å². The highest BCUT2D eigenvalue weighted by Gasteiger charge is 2.15. The lowest BCUT2D eigenvalue weighted by atomic mass is 10.1. The topological polar surface area (TPSA) is 54.5 Å². The third-order valence-electron chi connectivity index (χ3n) is 3.27. The highest BCUT2D eigenvalue weighted by molar-refractivity contribution is 6.13. The molecule has 0 radical (unpaired) electrons. The average molecular weight is 264 g/mol. The Hall–Kier alpha value is -2.80. The lowest BCUT2D eigenvalue weighted by molar-refractivity contribution is 0.102. The Bertz CT molecular complexity index is 856. The zero-order chi connectivity index (χ0) is 14.1. The molecular weight excluding hydrogens is 252 g/mol. The van der Waals surface area contributed by atoms with E-state index in [2.05, 4.69) is 0 Å². The van der Waals surface area contributed by atoms with Gasteiger partial charge in [-0.3, -0.25) is 4.79 Å². The Morgan fingerprint density at radius 2 is 2.05 bits per heavy atom. The Morgan fingerprint density at radius 3 is 2.80 bits per heavy atom. The summed E-state index contributed by atoms with van der Waals surface area (Å²) in [5.41, 5.74) is 2.52. The largest absolute Gasteiger partial charge is 0.477 e. The summed E-state index contributed by atoms with van der Waals surface area (Å²) in [6.45, 7) is 1.58. The summed E-state index contributed by atoms with van der Waals surface area (Å²) in [6.07, 6.45) is 1.81. The van der Waals surface area contributed by atoms with Crippen molar-refractivity contribution in [2.24, 2.45) is 0 Å². The van der Waals surface area contributed by atoms with Crippen molar-refractivity contribution in [3.05, 3.63) is 48.2 Å². The summed E-state index contributed by atoms with van der Waals surface area (Å²) in [6, 6.07) is 13.3. The van der Waals surface area contributed by atoms with Gasteiger partial charge < -0.3 is 9.14 Å². The van der Waals surface area contributed by atoms with E-state index in [4.69, 9.17) is 10.00 Å². The molecule has 0 bridgehead atoms. The van der Waals surface area contributed by atoms with Crippen molar-refractivity contribution in [3.63, 3.8) is 0 Å². The number of Topliss-reactive ketones (excluding diaryl/α,β-unsaturated/α-hetero) is 1. The summed E-state index contributed by atoms with van der Waals surface area (Å²) < 4.78 is 7.24. The van der Waals surface area contributed by atoms with Gasteiger partial charge in [-0.15, -0.1) is 0 Å². The average Bonchev–Trinajstić information content (AvgIpc) is 2.79. The minimum atomic E-state index is 0.00424. The van der Waals surface area contributed by atoms with Gasteiger partial charge in [-0.1, -0.05) is 18.2 Å². The number of ketones is 1. The molecule has 0 atom stereocenters. The van der Waals surface area contributed by atoms with E-state index >= 15 is 0 Å². The van der Waals surface area contributed by atoms with E-state index in [0.29, 0.717) is 11.3 Å². The molecule has 0 fully saturated rings. The number of aromatic nitrogens is 1. The van der Waals surface area contributed by atoms with Crippen LogP contribution < -0.4 is 4.74 Å². The molecule has 3 aromatic rings. The van der Waals surface area contributed by atoms with Gasteiger partial charge in [-0.2, -0.15) is 5.26 Å². The second-order valence-corrected chi connectivity index (χ2v) is 4.52. The SMILES string of the molecule is CC(=O)c1c2ccccc2n2cc(OCC#N)ccc12. The van der Waals surface area contributed by atoms with E-state index in [1.54, 1.807) is 19.2 Å². The summed E-state index contributed by atoms with van der Waals surface area (Å²) in [4.78, 5) is 11.9. The molecule has 3 rings (SSSR count). The number of fused-ring (bicyclic) bond motifs is 3.